The maximum atomic E-state index is 12.5. The summed E-state index contributed by atoms with van der Waals surface area (Å²) in [5, 5.41) is 17.7. The second-order valence-electron chi connectivity index (χ2n) is 6.59. The molecule has 1 aromatic rings. The van der Waals surface area contributed by atoms with Crippen molar-refractivity contribution >= 4 is 17.2 Å². The maximum absolute atomic E-state index is 12.5. The summed E-state index contributed by atoms with van der Waals surface area (Å²) in [4.78, 5) is 14.4. The van der Waals surface area contributed by atoms with Crippen LogP contribution in [0.15, 0.2) is 16.8 Å². The molecule has 2 aliphatic rings. The molecule has 0 spiro atoms. The van der Waals surface area contributed by atoms with E-state index in [9.17, 15) is 9.90 Å². The minimum Gasteiger partial charge on any atom is -0.388 e. The van der Waals surface area contributed by atoms with Crippen LogP contribution in [-0.2, 0) is 4.74 Å². The SMILES string of the molecule is CN[C@@H]1CO[C@@H]2CCN(C(=O)c3ccsc3)C[C@@H]2C[C@@]1(C)O. The number of hydrogen-bond donors (Lipinski definition) is 2. The average molecular weight is 324 g/mol. The van der Waals surface area contributed by atoms with E-state index in [4.69, 9.17) is 4.74 Å². The van der Waals surface area contributed by atoms with E-state index < -0.39 is 5.60 Å². The van der Waals surface area contributed by atoms with Gasteiger partial charge in [-0.1, -0.05) is 0 Å². The summed E-state index contributed by atoms with van der Waals surface area (Å²) in [6, 6.07) is 1.80. The number of carbonyl (C=O) groups excluding carboxylic acids is 1. The third-order valence-corrected chi connectivity index (χ3v) is 5.65. The van der Waals surface area contributed by atoms with Crippen molar-refractivity contribution < 1.29 is 14.6 Å². The topological polar surface area (TPSA) is 61.8 Å². The minimum absolute atomic E-state index is 0.0703. The van der Waals surface area contributed by atoms with Gasteiger partial charge in [-0.2, -0.15) is 11.3 Å². The van der Waals surface area contributed by atoms with E-state index >= 15 is 0 Å². The van der Waals surface area contributed by atoms with Crippen LogP contribution in [0.3, 0.4) is 0 Å². The smallest absolute Gasteiger partial charge is 0.254 e. The predicted molar refractivity (Wildman–Crippen MR) is 86.2 cm³/mol. The zero-order valence-electron chi connectivity index (χ0n) is 13.1. The lowest BCUT2D eigenvalue weighted by molar-refractivity contribution is -0.0217. The number of aliphatic hydroxyl groups is 1. The van der Waals surface area contributed by atoms with Crippen LogP contribution in [0.4, 0.5) is 0 Å². The molecule has 1 aromatic heterocycles. The summed E-state index contributed by atoms with van der Waals surface area (Å²) >= 11 is 1.54. The third-order valence-electron chi connectivity index (χ3n) is 4.97. The van der Waals surface area contributed by atoms with Gasteiger partial charge in [-0.3, -0.25) is 4.79 Å². The largest absolute Gasteiger partial charge is 0.388 e. The first-order chi connectivity index (χ1) is 10.5. The van der Waals surface area contributed by atoms with Gasteiger partial charge in [-0.05, 0) is 38.3 Å². The third kappa shape index (κ3) is 3.06. The Labute approximate surface area is 135 Å². The highest BCUT2D eigenvalue weighted by Crippen LogP contribution is 2.33. The molecular weight excluding hydrogens is 300 g/mol. The fraction of sp³-hybridized carbons (Fsp3) is 0.688. The predicted octanol–water partition coefficient (Wildman–Crippen LogP) is 1.34. The van der Waals surface area contributed by atoms with Gasteiger partial charge in [-0.15, -0.1) is 0 Å². The Morgan fingerprint density at radius 1 is 1.59 bits per heavy atom. The zero-order valence-corrected chi connectivity index (χ0v) is 13.9. The molecule has 2 N–H and O–H groups in total. The van der Waals surface area contributed by atoms with Crippen molar-refractivity contribution in [3.63, 3.8) is 0 Å². The van der Waals surface area contributed by atoms with Crippen molar-refractivity contribution in [2.75, 3.05) is 26.7 Å². The van der Waals surface area contributed by atoms with Crippen molar-refractivity contribution in [2.24, 2.45) is 5.92 Å². The Morgan fingerprint density at radius 3 is 3.09 bits per heavy atom. The lowest BCUT2D eigenvalue weighted by atomic mass is 9.82. The van der Waals surface area contributed by atoms with Crippen molar-refractivity contribution in [1.82, 2.24) is 10.2 Å². The summed E-state index contributed by atoms with van der Waals surface area (Å²) in [5.74, 6) is 0.276. The number of rotatable bonds is 2. The van der Waals surface area contributed by atoms with E-state index in [-0.39, 0.29) is 24.0 Å². The first-order valence-corrected chi connectivity index (χ1v) is 8.78. The summed E-state index contributed by atoms with van der Waals surface area (Å²) in [6.45, 7) is 3.76. The Balaban J connectivity index is 1.72. The molecule has 0 radical (unpaired) electrons. The van der Waals surface area contributed by atoms with Gasteiger partial charge in [-0.25, -0.2) is 0 Å². The number of fused-ring (bicyclic) bond motifs is 1. The highest BCUT2D eigenvalue weighted by molar-refractivity contribution is 7.08. The van der Waals surface area contributed by atoms with Gasteiger partial charge in [0.25, 0.3) is 5.91 Å². The number of hydrogen-bond acceptors (Lipinski definition) is 5. The van der Waals surface area contributed by atoms with Crippen LogP contribution in [0.2, 0.25) is 0 Å². The second kappa shape index (κ2) is 6.28. The number of piperidine rings is 1. The van der Waals surface area contributed by atoms with Crippen LogP contribution in [0.1, 0.15) is 30.1 Å². The molecule has 6 heteroatoms. The quantitative estimate of drug-likeness (QED) is 0.862. The molecule has 3 rings (SSSR count). The van der Waals surface area contributed by atoms with E-state index in [0.29, 0.717) is 19.6 Å². The molecule has 0 bridgehead atoms. The number of nitrogens with zero attached hydrogens (tertiary/aromatic N) is 1. The molecule has 0 aliphatic carbocycles. The van der Waals surface area contributed by atoms with Gasteiger partial charge in [0, 0.05) is 24.4 Å². The number of likely N-dealkylation sites (N-methyl/N-ethyl adjacent to an activating group) is 1. The number of likely N-dealkylation sites (tertiary alicyclic amines) is 1. The molecule has 122 valence electrons. The molecule has 4 atom stereocenters. The monoisotopic (exact) mass is 324 g/mol. The van der Waals surface area contributed by atoms with E-state index in [2.05, 4.69) is 5.32 Å². The summed E-state index contributed by atoms with van der Waals surface area (Å²) in [5.41, 5.74) is -0.0550. The lowest BCUT2D eigenvalue weighted by Crippen LogP contribution is -2.51. The Kier molecular flexibility index (Phi) is 4.54. The van der Waals surface area contributed by atoms with Crippen molar-refractivity contribution in [2.45, 2.75) is 37.5 Å². The molecule has 2 saturated heterocycles. The Bertz CT molecular complexity index is 517. The number of carbonyl (C=O) groups is 1. The van der Waals surface area contributed by atoms with Crippen LogP contribution in [-0.4, -0.2) is 60.4 Å². The highest BCUT2D eigenvalue weighted by atomic mass is 32.1. The molecule has 0 aromatic carbocycles. The standard InChI is InChI=1S/C16H24N2O3S/c1-16(20)7-12-8-18(15(19)11-4-6-22-10-11)5-3-13(12)21-9-14(16)17-2/h4,6,10,12-14,17,20H,3,5,7-9H2,1-2H3/t12-,13+,14+,16+/m0/s1. The normalized spacial score (nSPS) is 35.8. The van der Waals surface area contributed by atoms with Gasteiger partial charge in [0.1, 0.15) is 0 Å². The zero-order chi connectivity index (χ0) is 15.7. The molecule has 0 saturated carbocycles. The summed E-state index contributed by atoms with van der Waals surface area (Å²) in [6.07, 6.45) is 1.63. The van der Waals surface area contributed by atoms with E-state index in [0.717, 1.165) is 18.5 Å². The van der Waals surface area contributed by atoms with Crippen LogP contribution >= 0.6 is 11.3 Å². The second-order valence-corrected chi connectivity index (χ2v) is 7.37. The summed E-state index contributed by atoms with van der Waals surface area (Å²) < 4.78 is 6.01. The van der Waals surface area contributed by atoms with Crippen molar-refractivity contribution in [3.8, 4) is 0 Å². The first kappa shape index (κ1) is 15.9. The van der Waals surface area contributed by atoms with Crippen LogP contribution in [0, 0.1) is 5.92 Å². The van der Waals surface area contributed by atoms with Gasteiger partial charge < -0.3 is 20.1 Å². The van der Waals surface area contributed by atoms with Crippen LogP contribution < -0.4 is 5.32 Å². The van der Waals surface area contributed by atoms with Gasteiger partial charge in [0.15, 0.2) is 0 Å². The van der Waals surface area contributed by atoms with Gasteiger partial charge in [0.05, 0.1) is 29.9 Å². The molecule has 0 unspecified atom stereocenters. The Morgan fingerprint density at radius 2 is 2.41 bits per heavy atom. The lowest BCUT2D eigenvalue weighted by Gasteiger charge is -2.39. The van der Waals surface area contributed by atoms with Crippen molar-refractivity contribution in [3.05, 3.63) is 22.4 Å². The molecule has 22 heavy (non-hydrogen) atoms. The fourth-order valence-corrected chi connectivity index (χ4v) is 4.28. The van der Waals surface area contributed by atoms with E-state index in [1.807, 2.05) is 35.7 Å². The number of ether oxygens (including phenoxy) is 1. The first-order valence-electron chi connectivity index (χ1n) is 7.84. The maximum Gasteiger partial charge on any atom is 0.254 e. The van der Waals surface area contributed by atoms with Crippen molar-refractivity contribution in [1.29, 1.82) is 0 Å². The molecule has 1 amide bonds. The highest BCUT2D eigenvalue weighted by Gasteiger charge is 2.43. The van der Waals surface area contributed by atoms with E-state index in [1.165, 1.54) is 0 Å². The Hall–Kier alpha value is -0.950. The summed E-state index contributed by atoms with van der Waals surface area (Å²) in [7, 11) is 1.85. The molecular formula is C16H24N2O3S. The van der Waals surface area contributed by atoms with Crippen LogP contribution in [0.25, 0.3) is 0 Å². The molecule has 2 fully saturated rings. The average Bonchev–Trinajstić information content (AvgIpc) is 2.97. The van der Waals surface area contributed by atoms with Crippen LogP contribution in [0.5, 0.6) is 0 Å². The van der Waals surface area contributed by atoms with E-state index in [1.54, 1.807) is 11.3 Å². The number of amides is 1. The van der Waals surface area contributed by atoms with Gasteiger partial charge in [0.2, 0.25) is 0 Å². The fourth-order valence-electron chi connectivity index (χ4n) is 3.65. The number of thiophene rings is 1. The minimum atomic E-state index is -0.817. The molecule has 5 nitrogen and oxygen atoms in total. The van der Waals surface area contributed by atoms with Gasteiger partial charge >= 0.3 is 0 Å². The number of nitrogens with one attached hydrogen (secondary N) is 1. The molecule has 3 heterocycles. The molecule has 2 aliphatic heterocycles.